The lowest BCUT2D eigenvalue weighted by atomic mass is 10.1. The average molecular weight is 368 g/mol. The topological polar surface area (TPSA) is 105 Å². The number of hydrogen-bond donors (Lipinski definition) is 2. The highest BCUT2D eigenvalue weighted by Gasteiger charge is 2.11. The van der Waals surface area contributed by atoms with Crippen molar-refractivity contribution in [2.45, 2.75) is 6.54 Å². The molecule has 2 N–H and O–H groups in total. The highest BCUT2D eigenvalue weighted by Crippen LogP contribution is 2.19. The molecule has 0 spiro atoms. The second-order valence-electron chi connectivity index (χ2n) is 5.41. The van der Waals surface area contributed by atoms with E-state index < -0.39 is 4.92 Å². The maximum Gasteiger partial charge on any atom is 0.274 e. The van der Waals surface area contributed by atoms with Crippen molar-refractivity contribution in [1.29, 1.82) is 5.41 Å². The molecule has 130 valence electrons. The molecule has 3 rings (SSSR count). The van der Waals surface area contributed by atoms with Crippen molar-refractivity contribution in [3.8, 4) is 0 Å². The first-order valence-electron chi connectivity index (χ1n) is 7.67. The first kappa shape index (κ1) is 17.5. The number of nitro benzene ring substituents is 1. The minimum Gasteiger partial charge on any atom is -0.386 e. The molecular weight excluding hydrogens is 354 g/mol. The van der Waals surface area contributed by atoms with Gasteiger partial charge in [-0.25, -0.2) is 4.98 Å². The third kappa shape index (κ3) is 3.84. The number of fused-ring (bicyclic) bond motifs is 1. The van der Waals surface area contributed by atoms with Crippen molar-refractivity contribution in [2.75, 3.05) is 0 Å². The summed E-state index contributed by atoms with van der Waals surface area (Å²) < 4.78 is 0. The number of halogens is 1. The van der Waals surface area contributed by atoms with Gasteiger partial charge in [0.15, 0.2) is 0 Å². The van der Waals surface area contributed by atoms with E-state index in [1.54, 1.807) is 48.8 Å². The Morgan fingerprint density at radius 3 is 2.85 bits per heavy atom. The highest BCUT2D eigenvalue weighted by atomic mass is 35.5. The van der Waals surface area contributed by atoms with Crippen LogP contribution < -0.4 is 5.32 Å². The first-order valence-corrected chi connectivity index (χ1v) is 8.05. The van der Waals surface area contributed by atoms with E-state index in [1.165, 1.54) is 12.3 Å². The summed E-state index contributed by atoms with van der Waals surface area (Å²) in [6.07, 6.45) is 4.44. The molecule has 0 aliphatic heterocycles. The quantitative estimate of drug-likeness (QED) is 0.297. The van der Waals surface area contributed by atoms with Gasteiger partial charge < -0.3 is 10.7 Å². The maximum atomic E-state index is 11.0. The largest absolute Gasteiger partial charge is 0.386 e. The molecule has 2 aromatic heterocycles. The van der Waals surface area contributed by atoms with Crippen LogP contribution in [0.1, 0.15) is 11.1 Å². The van der Waals surface area contributed by atoms with Crippen LogP contribution in [0.3, 0.4) is 0 Å². The molecule has 0 radical (unpaired) electrons. The average Bonchev–Trinajstić information content (AvgIpc) is 2.65. The van der Waals surface area contributed by atoms with Gasteiger partial charge in [-0.2, -0.15) is 0 Å². The molecule has 0 aliphatic carbocycles. The highest BCUT2D eigenvalue weighted by molar-refractivity contribution is 6.29. The molecule has 0 amide bonds. The zero-order valence-electron chi connectivity index (χ0n) is 13.5. The van der Waals surface area contributed by atoms with Gasteiger partial charge in [0, 0.05) is 47.9 Å². The smallest absolute Gasteiger partial charge is 0.274 e. The van der Waals surface area contributed by atoms with Gasteiger partial charge in [0.25, 0.3) is 5.69 Å². The summed E-state index contributed by atoms with van der Waals surface area (Å²) in [6, 6.07) is 11.7. The van der Waals surface area contributed by atoms with Crippen LogP contribution in [0.25, 0.3) is 16.6 Å². The zero-order chi connectivity index (χ0) is 18.5. The Kier molecular flexibility index (Phi) is 5.19. The van der Waals surface area contributed by atoms with Crippen LogP contribution in [0.5, 0.6) is 0 Å². The Bertz CT molecular complexity index is 1020. The number of hydrogen-bond acceptors (Lipinski definition) is 6. The van der Waals surface area contributed by atoms with Gasteiger partial charge in [0.2, 0.25) is 0 Å². The van der Waals surface area contributed by atoms with Crippen LogP contribution in [0, 0.1) is 15.5 Å². The zero-order valence-corrected chi connectivity index (χ0v) is 14.3. The first-order chi connectivity index (χ1) is 12.6. The van der Waals surface area contributed by atoms with Gasteiger partial charge in [0.1, 0.15) is 5.15 Å². The molecule has 0 bridgehead atoms. The van der Waals surface area contributed by atoms with Crippen LogP contribution in [-0.2, 0) is 6.54 Å². The Hall–Kier alpha value is -3.32. The number of benzene rings is 1. The van der Waals surface area contributed by atoms with E-state index in [0.29, 0.717) is 32.9 Å². The van der Waals surface area contributed by atoms with Crippen molar-refractivity contribution >= 4 is 40.1 Å². The SMILES string of the molecule is N=C/C(=C\NCc1ccccc1[N+](=O)[O-])c1cnc2ccc(Cl)nc2c1. The molecule has 0 aliphatic rings. The van der Waals surface area contributed by atoms with E-state index in [1.807, 2.05) is 0 Å². The predicted octanol–water partition coefficient (Wildman–Crippen LogP) is 3.97. The van der Waals surface area contributed by atoms with Gasteiger partial charge in [0.05, 0.1) is 16.0 Å². The summed E-state index contributed by atoms with van der Waals surface area (Å²) in [7, 11) is 0. The Labute approximate surface area is 154 Å². The lowest BCUT2D eigenvalue weighted by Gasteiger charge is -2.06. The van der Waals surface area contributed by atoms with E-state index in [9.17, 15) is 10.1 Å². The number of para-hydroxylation sites is 1. The van der Waals surface area contributed by atoms with E-state index in [-0.39, 0.29) is 12.2 Å². The van der Waals surface area contributed by atoms with Crippen LogP contribution >= 0.6 is 11.6 Å². The Morgan fingerprint density at radius 1 is 1.27 bits per heavy atom. The van der Waals surface area contributed by atoms with Crippen LogP contribution in [-0.4, -0.2) is 21.1 Å². The molecule has 3 aromatic rings. The van der Waals surface area contributed by atoms with Crippen LogP contribution in [0.2, 0.25) is 5.15 Å². The molecular formula is C18H14ClN5O2. The van der Waals surface area contributed by atoms with Crippen molar-refractivity contribution in [1.82, 2.24) is 15.3 Å². The minimum atomic E-state index is -0.416. The van der Waals surface area contributed by atoms with Gasteiger partial charge in [-0.3, -0.25) is 15.1 Å². The molecule has 1 aromatic carbocycles. The fraction of sp³-hybridized carbons (Fsp3) is 0.0556. The number of nitrogens with one attached hydrogen (secondary N) is 2. The van der Waals surface area contributed by atoms with Crippen LogP contribution in [0.4, 0.5) is 5.69 Å². The summed E-state index contributed by atoms with van der Waals surface area (Å²) in [5.41, 5.74) is 3.20. The molecule has 2 heterocycles. The van der Waals surface area contributed by atoms with E-state index in [4.69, 9.17) is 17.0 Å². The number of aromatic nitrogens is 2. The van der Waals surface area contributed by atoms with Crippen molar-refractivity contribution in [2.24, 2.45) is 0 Å². The number of rotatable bonds is 6. The molecule has 26 heavy (non-hydrogen) atoms. The van der Waals surface area contributed by atoms with Gasteiger partial charge in [-0.05, 0) is 18.2 Å². The van der Waals surface area contributed by atoms with Gasteiger partial charge in [-0.15, -0.1) is 0 Å². The standard InChI is InChI=1S/C18H14ClN5O2/c19-18-6-5-15-16(23-18)7-13(11-22-15)14(8-20)10-21-9-12-3-1-2-4-17(12)24(25)26/h1-8,10-11,20-21H,9H2/b14-10+,20-8?. The fourth-order valence-electron chi connectivity index (χ4n) is 2.46. The number of nitro groups is 1. The van der Waals surface area contributed by atoms with Crippen molar-refractivity contribution < 1.29 is 4.92 Å². The molecule has 0 saturated carbocycles. The second kappa shape index (κ2) is 7.71. The molecule has 8 heteroatoms. The molecule has 7 nitrogen and oxygen atoms in total. The Morgan fingerprint density at radius 2 is 2.08 bits per heavy atom. The maximum absolute atomic E-state index is 11.0. The van der Waals surface area contributed by atoms with E-state index in [2.05, 4.69) is 15.3 Å². The number of nitrogens with zero attached hydrogens (tertiary/aromatic N) is 3. The summed E-state index contributed by atoms with van der Waals surface area (Å²) in [5, 5.41) is 22.1. The lowest BCUT2D eigenvalue weighted by molar-refractivity contribution is -0.385. The fourth-order valence-corrected chi connectivity index (χ4v) is 2.61. The molecule has 0 atom stereocenters. The summed E-state index contributed by atoms with van der Waals surface area (Å²) >= 11 is 5.91. The predicted molar refractivity (Wildman–Crippen MR) is 101 cm³/mol. The second-order valence-corrected chi connectivity index (χ2v) is 5.79. The third-order valence-corrected chi connectivity index (χ3v) is 3.94. The lowest BCUT2D eigenvalue weighted by Crippen LogP contribution is -2.08. The normalized spacial score (nSPS) is 11.3. The number of allylic oxidation sites excluding steroid dienone is 1. The molecule has 0 saturated heterocycles. The third-order valence-electron chi connectivity index (χ3n) is 3.73. The van der Waals surface area contributed by atoms with Crippen molar-refractivity contribution in [3.05, 3.63) is 81.3 Å². The molecule has 0 fully saturated rings. The van der Waals surface area contributed by atoms with E-state index >= 15 is 0 Å². The van der Waals surface area contributed by atoms with Gasteiger partial charge in [-0.1, -0.05) is 29.8 Å². The number of pyridine rings is 2. The van der Waals surface area contributed by atoms with E-state index in [0.717, 1.165) is 0 Å². The summed E-state index contributed by atoms with van der Waals surface area (Å²) in [6.45, 7) is 0.263. The monoisotopic (exact) mass is 367 g/mol. The Balaban J connectivity index is 1.83. The summed E-state index contributed by atoms with van der Waals surface area (Å²) in [5.74, 6) is 0. The molecule has 0 unspecified atom stereocenters. The van der Waals surface area contributed by atoms with Gasteiger partial charge >= 0.3 is 0 Å². The minimum absolute atomic E-state index is 0.0519. The van der Waals surface area contributed by atoms with Crippen molar-refractivity contribution in [3.63, 3.8) is 0 Å². The summed E-state index contributed by atoms with van der Waals surface area (Å²) in [4.78, 5) is 19.2. The van der Waals surface area contributed by atoms with Crippen LogP contribution in [0.15, 0.2) is 54.9 Å².